The first-order valence-electron chi connectivity index (χ1n) is 9.67. The minimum atomic E-state index is -0.497. The summed E-state index contributed by atoms with van der Waals surface area (Å²) < 4.78 is 6.41. The number of imidazole rings is 1. The number of fused-ring (bicyclic) bond motifs is 1. The third kappa shape index (κ3) is 4.04. The maximum absolute atomic E-state index is 12.7. The van der Waals surface area contributed by atoms with Gasteiger partial charge in [-0.15, -0.1) is 11.6 Å². The summed E-state index contributed by atoms with van der Waals surface area (Å²) in [4.78, 5) is 43.3. The Morgan fingerprint density at radius 2 is 2.07 bits per heavy atom. The fourth-order valence-corrected chi connectivity index (χ4v) is 3.18. The second-order valence-electron chi connectivity index (χ2n) is 6.79. The van der Waals surface area contributed by atoms with Crippen LogP contribution in [-0.2, 0) is 13.0 Å². The predicted octanol–water partition coefficient (Wildman–Crippen LogP) is 2.57. The summed E-state index contributed by atoms with van der Waals surface area (Å²) in [6, 6.07) is 5.47. The molecule has 4 aromatic rings. The Morgan fingerprint density at radius 1 is 1.20 bits per heavy atom. The van der Waals surface area contributed by atoms with Crippen molar-refractivity contribution in [1.29, 1.82) is 0 Å². The molecule has 0 radical (unpaired) electrons. The van der Waals surface area contributed by atoms with Crippen LogP contribution in [0.2, 0.25) is 0 Å². The largest absolute Gasteiger partial charge is 0.339 e. The third-order valence-corrected chi connectivity index (χ3v) is 5.21. The summed E-state index contributed by atoms with van der Waals surface area (Å²) in [6.07, 6.45) is 4.10. The molecule has 4 heterocycles. The maximum Gasteiger partial charge on any atom is 0.330 e. The Morgan fingerprint density at radius 3 is 2.83 bits per heavy atom. The molecule has 0 amide bonds. The highest BCUT2D eigenvalue weighted by atomic mass is 35.5. The molecule has 1 atom stereocenters. The number of pyridine rings is 1. The van der Waals surface area contributed by atoms with Gasteiger partial charge in [0.25, 0.3) is 5.56 Å². The molecule has 0 fully saturated rings. The van der Waals surface area contributed by atoms with Gasteiger partial charge in [0.1, 0.15) is 17.0 Å². The van der Waals surface area contributed by atoms with Crippen LogP contribution in [0.3, 0.4) is 0 Å². The monoisotopic (exact) mass is 429 g/mol. The summed E-state index contributed by atoms with van der Waals surface area (Å²) >= 11 is 6.18. The van der Waals surface area contributed by atoms with Gasteiger partial charge in [0, 0.05) is 19.2 Å². The fraction of sp³-hybridized carbons (Fsp3) is 0.368. The van der Waals surface area contributed by atoms with Crippen molar-refractivity contribution in [2.24, 2.45) is 0 Å². The molecule has 4 aromatic heterocycles. The molecule has 0 bridgehead atoms. The summed E-state index contributed by atoms with van der Waals surface area (Å²) in [5, 5.41) is 3.58. The van der Waals surface area contributed by atoms with Gasteiger partial charge in [0.05, 0.1) is 5.38 Å². The van der Waals surface area contributed by atoms with E-state index in [1.54, 1.807) is 12.3 Å². The van der Waals surface area contributed by atoms with Crippen molar-refractivity contribution >= 4 is 22.8 Å². The molecule has 0 aliphatic carbocycles. The molecule has 2 N–H and O–H groups in total. The summed E-state index contributed by atoms with van der Waals surface area (Å²) in [5.74, 6) is 1.39. The zero-order valence-corrected chi connectivity index (χ0v) is 17.0. The number of aryl methyl sites for hydroxylation is 1. The van der Waals surface area contributed by atoms with Crippen molar-refractivity contribution in [2.45, 2.75) is 44.5 Å². The zero-order valence-electron chi connectivity index (χ0n) is 16.3. The molecular formula is C19H20ClN7O3. The Balaban J connectivity index is 1.41. The van der Waals surface area contributed by atoms with Crippen LogP contribution in [-0.4, -0.2) is 34.6 Å². The number of nitrogens with zero attached hydrogens (tertiary/aromatic N) is 5. The number of alkyl halides is 1. The van der Waals surface area contributed by atoms with E-state index in [1.807, 2.05) is 19.1 Å². The maximum atomic E-state index is 12.7. The Kier molecular flexibility index (Phi) is 5.75. The summed E-state index contributed by atoms with van der Waals surface area (Å²) in [6.45, 7) is 2.17. The molecule has 30 heavy (non-hydrogen) atoms. The average Bonchev–Trinajstić information content (AvgIpc) is 3.40. The molecule has 156 valence electrons. The van der Waals surface area contributed by atoms with Gasteiger partial charge in [-0.05, 0) is 31.4 Å². The second-order valence-corrected chi connectivity index (χ2v) is 7.32. The number of aromatic amines is 2. The minimum Gasteiger partial charge on any atom is -0.339 e. The highest BCUT2D eigenvalue weighted by Crippen LogP contribution is 2.21. The molecular weight excluding hydrogens is 410 g/mol. The number of aromatic nitrogens is 7. The second kappa shape index (κ2) is 8.62. The Hall–Kier alpha value is -3.27. The van der Waals surface area contributed by atoms with Crippen LogP contribution in [0.25, 0.3) is 22.7 Å². The molecule has 0 aliphatic heterocycles. The van der Waals surface area contributed by atoms with Gasteiger partial charge in [-0.3, -0.25) is 19.3 Å². The van der Waals surface area contributed by atoms with Crippen molar-refractivity contribution in [2.75, 3.05) is 0 Å². The number of unbranched alkanes of at least 4 members (excludes halogenated alkanes) is 1. The van der Waals surface area contributed by atoms with E-state index in [0.29, 0.717) is 48.9 Å². The van der Waals surface area contributed by atoms with Gasteiger partial charge in [-0.2, -0.15) is 4.98 Å². The third-order valence-electron chi connectivity index (χ3n) is 4.69. The van der Waals surface area contributed by atoms with E-state index in [4.69, 9.17) is 16.1 Å². The topological polar surface area (TPSA) is 135 Å². The predicted molar refractivity (Wildman–Crippen MR) is 110 cm³/mol. The highest BCUT2D eigenvalue weighted by Gasteiger charge is 2.16. The van der Waals surface area contributed by atoms with Crippen molar-refractivity contribution in [3.63, 3.8) is 0 Å². The van der Waals surface area contributed by atoms with Crippen LogP contribution < -0.4 is 11.2 Å². The first-order valence-corrected chi connectivity index (χ1v) is 10.1. The van der Waals surface area contributed by atoms with E-state index < -0.39 is 11.2 Å². The number of nitrogens with one attached hydrogen (secondary N) is 2. The van der Waals surface area contributed by atoms with Crippen LogP contribution in [0.1, 0.15) is 43.3 Å². The summed E-state index contributed by atoms with van der Waals surface area (Å²) in [7, 11) is 0. The van der Waals surface area contributed by atoms with Crippen molar-refractivity contribution in [3.05, 3.63) is 56.9 Å². The van der Waals surface area contributed by atoms with E-state index in [9.17, 15) is 9.59 Å². The van der Waals surface area contributed by atoms with E-state index in [-0.39, 0.29) is 23.1 Å². The van der Waals surface area contributed by atoms with Gasteiger partial charge < -0.3 is 9.51 Å². The lowest BCUT2D eigenvalue weighted by atomic mass is 10.2. The molecule has 0 spiro atoms. The molecule has 11 heteroatoms. The van der Waals surface area contributed by atoms with Crippen LogP contribution in [0.15, 0.2) is 38.5 Å². The molecule has 4 rings (SSSR count). The lowest BCUT2D eigenvalue weighted by Gasteiger charge is -2.03. The number of halogens is 1. The zero-order chi connectivity index (χ0) is 21.1. The molecule has 0 saturated carbocycles. The smallest absolute Gasteiger partial charge is 0.330 e. The summed E-state index contributed by atoms with van der Waals surface area (Å²) in [5.41, 5.74) is 0.204. The van der Waals surface area contributed by atoms with Crippen LogP contribution in [0.4, 0.5) is 0 Å². The molecule has 10 nitrogen and oxygen atoms in total. The number of hydrogen-bond donors (Lipinski definition) is 2. The minimum absolute atomic E-state index is 0.225. The Bertz CT molecular complexity index is 1260. The van der Waals surface area contributed by atoms with Gasteiger partial charge in [0.15, 0.2) is 5.65 Å². The fourth-order valence-electron chi connectivity index (χ4n) is 3.08. The first-order chi connectivity index (χ1) is 14.6. The standard InChI is InChI=1S/C19H20ClN7O3/c1-2-11(20)15-23-14-17(24-15)25-19(29)27(18(14)28)10-6-4-8-13-22-16(26-30-13)12-7-3-5-9-21-12/h3,5,7,9,11H,2,4,6,8,10H2,1H3,(H,23,24)(H,25,29). The van der Waals surface area contributed by atoms with E-state index in [0.717, 1.165) is 4.57 Å². The van der Waals surface area contributed by atoms with Gasteiger partial charge in [-0.1, -0.05) is 18.1 Å². The van der Waals surface area contributed by atoms with E-state index >= 15 is 0 Å². The van der Waals surface area contributed by atoms with Crippen molar-refractivity contribution in [3.8, 4) is 11.5 Å². The van der Waals surface area contributed by atoms with Crippen LogP contribution in [0, 0.1) is 0 Å². The normalized spacial score (nSPS) is 12.5. The lowest BCUT2D eigenvalue weighted by molar-refractivity contribution is 0.372. The number of rotatable bonds is 8. The van der Waals surface area contributed by atoms with Crippen LogP contribution >= 0.6 is 11.6 Å². The lowest BCUT2D eigenvalue weighted by Crippen LogP contribution is -2.35. The number of H-pyrrole nitrogens is 2. The quantitative estimate of drug-likeness (QED) is 0.324. The molecule has 0 saturated heterocycles. The molecule has 1 unspecified atom stereocenters. The van der Waals surface area contributed by atoms with Gasteiger partial charge in [-0.25, -0.2) is 9.78 Å². The SMILES string of the molecule is CCC(Cl)c1nc2[nH]c(=O)n(CCCCc3nc(-c4ccccn4)no3)c(=O)c2[nH]1. The highest BCUT2D eigenvalue weighted by molar-refractivity contribution is 6.20. The number of hydrogen-bond acceptors (Lipinski definition) is 7. The van der Waals surface area contributed by atoms with Gasteiger partial charge in [0.2, 0.25) is 11.7 Å². The molecule has 0 aliphatic rings. The van der Waals surface area contributed by atoms with E-state index in [2.05, 4.69) is 30.1 Å². The van der Waals surface area contributed by atoms with Gasteiger partial charge >= 0.3 is 5.69 Å². The molecule has 0 aromatic carbocycles. The van der Waals surface area contributed by atoms with Crippen LogP contribution in [0.5, 0.6) is 0 Å². The van der Waals surface area contributed by atoms with Crippen molar-refractivity contribution in [1.82, 2.24) is 34.6 Å². The Labute approximate surface area is 175 Å². The average molecular weight is 430 g/mol. The van der Waals surface area contributed by atoms with Crippen molar-refractivity contribution < 1.29 is 4.52 Å². The van der Waals surface area contributed by atoms with E-state index in [1.165, 1.54) is 0 Å². The first kappa shape index (κ1) is 20.0.